The number of carbonyl (C=O) groups excluding carboxylic acids is 1. The second-order valence-corrected chi connectivity index (χ2v) is 4.64. The first-order valence-electron chi connectivity index (χ1n) is 6.07. The van der Waals surface area contributed by atoms with Gasteiger partial charge in [-0.05, 0) is 31.4 Å². The quantitative estimate of drug-likeness (QED) is 0.792. The van der Waals surface area contributed by atoms with Crippen molar-refractivity contribution in [2.75, 3.05) is 20.2 Å². The SMILES string of the molecule is COC(=O)C1CNCCC1c1cccc(C)c1. The molecule has 3 nitrogen and oxygen atoms in total. The highest BCUT2D eigenvalue weighted by Gasteiger charge is 2.32. The predicted octanol–water partition coefficient (Wildman–Crippen LogP) is 1.86. The maximum atomic E-state index is 11.8. The van der Waals surface area contributed by atoms with Crippen LogP contribution in [0.25, 0.3) is 0 Å². The summed E-state index contributed by atoms with van der Waals surface area (Å²) in [4.78, 5) is 11.8. The minimum atomic E-state index is -0.108. The zero-order chi connectivity index (χ0) is 12.3. The fourth-order valence-corrected chi connectivity index (χ4v) is 2.56. The number of aryl methyl sites for hydroxylation is 1. The Bertz CT molecular complexity index is 403. The van der Waals surface area contributed by atoms with E-state index in [1.807, 2.05) is 0 Å². The van der Waals surface area contributed by atoms with E-state index in [1.165, 1.54) is 18.2 Å². The number of benzene rings is 1. The summed E-state index contributed by atoms with van der Waals surface area (Å²) in [7, 11) is 1.46. The normalized spacial score (nSPS) is 24.4. The van der Waals surface area contributed by atoms with Crippen LogP contribution in [0.5, 0.6) is 0 Å². The van der Waals surface area contributed by atoms with E-state index in [0.717, 1.165) is 13.0 Å². The zero-order valence-corrected chi connectivity index (χ0v) is 10.4. The Labute approximate surface area is 102 Å². The molecule has 2 unspecified atom stereocenters. The van der Waals surface area contributed by atoms with Crippen molar-refractivity contribution in [2.45, 2.75) is 19.3 Å². The molecule has 3 heteroatoms. The largest absolute Gasteiger partial charge is 0.469 e. The predicted molar refractivity (Wildman–Crippen MR) is 66.9 cm³/mol. The van der Waals surface area contributed by atoms with Crippen molar-refractivity contribution in [2.24, 2.45) is 5.92 Å². The van der Waals surface area contributed by atoms with E-state index in [4.69, 9.17) is 4.74 Å². The minimum absolute atomic E-state index is 0.0597. The van der Waals surface area contributed by atoms with Gasteiger partial charge in [0, 0.05) is 6.54 Å². The van der Waals surface area contributed by atoms with Gasteiger partial charge in [0.1, 0.15) is 0 Å². The van der Waals surface area contributed by atoms with E-state index >= 15 is 0 Å². The van der Waals surface area contributed by atoms with E-state index < -0.39 is 0 Å². The lowest BCUT2D eigenvalue weighted by Crippen LogP contribution is -2.40. The Balaban J connectivity index is 2.24. The molecule has 1 saturated heterocycles. The number of piperidine rings is 1. The Hall–Kier alpha value is -1.35. The average molecular weight is 233 g/mol. The van der Waals surface area contributed by atoms with Crippen LogP contribution >= 0.6 is 0 Å². The van der Waals surface area contributed by atoms with E-state index in [1.54, 1.807) is 0 Å². The van der Waals surface area contributed by atoms with Crippen LogP contribution < -0.4 is 5.32 Å². The van der Waals surface area contributed by atoms with Crippen LogP contribution in [0.1, 0.15) is 23.5 Å². The summed E-state index contributed by atoms with van der Waals surface area (Å²) >= 11 is 0. The van der Waals surface area contributed by atoms with Gasteiger partial charge in [0.25, 0.3) is 0 Å². The lowest BCUT2D eigenvalue weighted by molar-refractivity contribution is -0.146. The Morgan fingerprint density at radius 2 is 2.29 bits per heavy atom. The molecule has 0 bridgehead atoms. The molecule has 0 spiro atoms. The summed E-state index contributed by atoms with van der Waals surface area (Å²) in [6, 6.07) is 8.42. The van der Waals surface area contributed by atoms with Gasteiger partial charge >= 0.3 is 5.97 Å². The molecule has 1 aliphatic heterocycles. The molecule has 1 aromatic carbocycles. The van der Waals surface area contributed by atoms with Gasteiger partial charge in [-0.15, -0.1) is 0 Å². The molecule has 0 aliphatic carbocycles. The van der Waals surface area contributed by atoms with Crippen molar-refractivity contribution in [3.8, 4) is 0 Å². The van der Waals surface area contributed by atoms with Crippen LogP contribution in [0.15, 0.2) is 24.3 Å². The van der Waals surface area contributed by atoms with Crippen LogP contribution in [0.4, 0.5) is 0 Å². The smallest absolute Gasteiger partial charge is 0.310 e. The molecular formula is C14H19NO2. The third-order valence-corrected chi connectivity index (χ3v) is 3.46. The molecule has 1 fully saturated rings. The second-order valence-electron chi connectivity index (χ2n) is 4.64. The lowest BCUT2D eigenvalue weighted by atomic mass is 9.81. The Kier molecular flexibility index (Phi) is 3.79. The molecule has 0 radical (unpaired) electrons. The summed E-state index contributed by atoms with van der Waals surface area (Å²) in [5.41, 5.74) is 2.49. The molecule has 1 N–H and O–H groups in total. The number of carbonyl (C=O) groups is 1. The molecule has 92 valence electrons. The monoisotopic (exact) mass is 233 g/mol. The number of esters is 1. The first-order chi connectivity index (χ1) is 8.22. The van der Waals surface area contributed by atoms with Gasteiger partial charge in [0.2, 0.25) is 0 Å². The number of hydrogen-bond acceptors (Lipinski definition) is 3. The topological polar surface area (TPSA) is 38.3 Å². The standard InChI is InChI=1S/C14H19NO2/c1-10-4-3-5-11(8-10)12-6-7-15-9-13(12)14(16)17-2/h3-5,8,12-13,15H,6-7,9H2,1-2H3. The van der Waals surface area contributed by atoms with Crippen LogP contribution in [0.2, 0.25) is 0 Å². The van der Waals surface area contributed by atoms with Crippen LogP contribution in [-0.4, -0.2) is 26.2 Å². The van der Waals surface area contributed by atoms with Gasteiger partial charge in [-0.25, -0.2) is 0 Å². The van der Waals surface area contributed by atoms with Crippen LogP contribution in [0.3, 0.4) is 0 Å². The number of nitrogens with one attached hydrogen (secondary N) is 1. The van der Waals surface area contributed by atoms with E-state index in [9.17, 15) is 4.79 Å². The zero-order valence-electron chi connectivity index (χ0n) is 10.4. The van der Waals surface area contributed by atoms with Crippen LogP contribution in [0, 0.1) is 12.8 Å². The molecule has 1 heterocycles. The molecule has 1 aliphatic rings. The number of rotatable bonds is 2. The molecular weight excluding hydrogens is 214 g/mol. The maximum absolute atomic E-state index is 11.8. The molecule has 17 heavy (non-hydrogen) atoms. The highest BCUT2D eigenvalue weighted by Crippen LogP contribution is 2.31. The van der Waals surface area contributed by atoms with E-state index in [0.29, 0.717) is 6.54 Å². The van der Waals surface area contributed by atoms with Crippen molar-refractivity contribution in [1.82, 2.24) is 5.32 Å². The van der Waals surface area contributed by atoms with Crippen molar-refractivity contribution >= 4 is 5.97 Å². The molecule has 0 aromatic heterocycles. The second kappa shape index (κ2) is 5.32. The van der Waals surface area contributed by atoms with Gasteiger partial charge in [0.05, 0.1) is 13.0 Å². The molecule has 0 amide bonds. The van der Waals surface area contributed by atoms with Crippen LogP contribution in [-0.2, 0) is 9.53 Å². The van der Waals surface area contributed by atoms with Gasteiger partial charge in [0.15, 0.2) is 0 Å². The molecule has 1 aromatic rings. The van der Waals surface area contributed by atoms with Gasteiger partial charge in [-0.3, -0.25) is 4.79 Å². The first kappa shape index (κ1) is 12.1. The summed E-state index contributed by atoms with van der Waals surface area (Å²) < 4.78 is 4.89. The third kappa shape index (κ3) is 2.67. The van der Waals surface area contributed by atoms with E-state index in [2.05, 4.69) is 36.5 Å². The summed E-state index contributed by atoms with van der Waals surface area (Å²) in [5.74, 6) is 0.114. The average Bonchev–Trinajstić information content (AvgIpc) is 2.38. The maximum Gasteiger partial charge on any atom is 0.310 e. The van der Waals surface area contributed by atoms with Crippen molar-refractivity contribution in [3.05, 3.63) is 35.4 Å². The molecule has 2 atom stereocenters. The summed E-state index contributed by atoms with van der Waals surface area (Å²) in [5, 5.41) is 3.26. The van der Waals surface area contributed by atoms with Gasteiger partial charge in [-0.1, -0.05) is 29.8 Å². The Morgan fingerprint density at radius 1 is 1.47 bits per heavy atom. The van der Waals surface area contributed by atoms with Crippen molar-refractivity contribution < 1.29 is 9.53 Å². The van der Waals surface area contributed by atoms with Crippen molar-refractivity contribution in [3.63, 3.8) is 0 Å². The van der Waals surface area contributed by atoms with Gasteiger partial charge < -0.3 is 10.1 Å². The number of methoxy groups -OCH3 is 1. The van der Waals surface area contributed by atoms with E-state index in [-0.39, 0.29) is 17.8 Å². The van der Waals surface area contributed by atoms with Crippen molar-refractivity contribution in [1.29, 1.82) is 0 Å². The first-order valence-corrected chi connectivity index (χ1v) is 6.07. The lowest BCUT2D eigenvalue weighted by Gasteiger charge is -2.30. The fourth-order valence-electron chi connectivity index (χ4n) is 2.56. The Morgan fingerprint density at radius 3 is 3.00 bits per heavy atom. The number of hydrogen-bond donors (Lipinski definition) is 1. The molecule has 2 rings (SSSR count). The number of ether oxygens (including phenoxy) is 1. The summed E-state index contributed by atoms with van der Waals surface area (Å²) in [6.07, 6.45) is 0.989. The fraction of sp³-hybridized carbons (Fsp3) is 0.500. The third-order valence-electron chi connectivity index (χ3n) is 3.46. The molecule has 0 saturated carbocycles. The van der Waals surface area contributed by atoms with Gasteiger partial charge in [-0.2, -0.15) is 0 Å². The minimum Gasteiger partial charge on any atom is -0.469 e. The highest BCUT2D eigenvalue weighted by molar-refractivity contribution is 5.74. The summed E-state index contributed by atoms with van der Waals surface area (Å²) in [6.45, 7) is 3.76. The highest BCUT2D eigenvalue weighted by atomic mass is 16.5.